The average molecular weight is 775 g/mol. The van der Waals surface area contributed by atoms with E-state index in [0.717, 1.165) is 54.8 Å². The topological polar surface area (TPSA) is 119 Å². The Balaban J connectivity index is 1.46. The highest BCUT2D eigenvalue weighted by atomic mass is 79.9. The molecule has 3 aromatic rings. The Labute approximate surface area is 287 Å². The fourth-order valence-electron chi connectivity index (χ4n) is 7.04. The minimum absolute atomic E-state index is 0.0294. The fraction of sp³-hybridized carbons (Fsp3) is 0.455. The Hall–Kier alpha value is -3.34. The number of ether oxygens (including phenoxy) is 1. The van der Waals surface area contributed by atoms with Crippen LogP contribution in [0.3, 0.4) is 0 Å². The number of amides is 1. The molecule has 3 atom stereocenters. The number of carbonyl (C=O) groups excluding carboxylic acids is 2. The molecule has 3 aromatic carbocycles. The zero-order valence-electron chi connectivity index (χ0n) is 25.9. The van der Waals surface area contributed by atoms with Crippen molar-refractivity contribution in [2.24, 2.45) is 5.73 Å². The molecule has 2 aliphatic heterocycles. The van der Waals surface area contributed by atoms with Crippen molar-refractivity contribution in [1.29, 1.82) is 0 Å². The quantitative estimate of drug-likeness (QED) is 0.193. The summed E-state index contributed by atoms with van der Waals surface area (Å²) in [6.07, 6.45) is -0.768. The van der Waals surface area contributed by atoms with Gasteiger partial charge in [-0.05, 0) is 103 Å². The average Bonchev–Trinajstić information content (AvgIpc) is 3.65. The number of fused-ring (bicyclic) bond motifs is 3. The normalized spacial score (nSPS) is 22.4. The lowest BCUT2D eigenvalue weighted by atomic mass is 9.94. The molecule has 2 saturated heterocycles. The molecule has 6 rings (SSSR count). The largest absolute Gasteiger partial charge is 0.492 e. The molecule has 3 fully saturated rings. The number of nitrogens with zero attached hydrogens (tertiary/aromatic N) is 2. The number of benzene rings is 3. The third-order valence-electron chi connectivity index (χ3n) is 9.37. The van der Waals surface area contributed by atoms with Gasteiger partial charge in [-0.2, -0.15) is 22.0 Å². The molecule has 2 N–H and O–H groups in total. The summed E-state index contributed by atoms with van der Waals surface area (Å²) in [4.78, 5) is 31.2. The zero-order valence-corrected chi connectivity index (χ0v) is 28.3. The smallest absolute Gasteiger partial charge is 0.490 e. The van der Waals surface area contributed by atoms with E-state index < -0.39 is 67.1 Å². The van der Waals surface area contributed by atoms with Gasteiger partial charge in [-0.1, -0.05) is 40.2 Å². The molecule has 9 nitrogen and oxygen atoms in total. The van der Waals surface area contributed by atoms with Crippen molar-refractivity contribution in [3.8, 4) is 5.75 Å². The minimum Gasteiger partial charge on any atom is -0.490 e. The second kappa shape index (κ2) is 13.4. The van der Waals surface area contributed by atoms with E-state index in [1.807, 2.05) is 0 Å². The van der Waals surface area contributed by atoms with Crippen LogP contribution in [0.25, 0.3) is 10.8 Å². The summed E-state index contributed by atoms with van der Waals surface area (Å²) >= 11 is 3.12. The fourth-order valence-corrected chi connectivity index (χ4v) is 8.69. The summed E-state index contributed by atoms with van der Waals surface area (Å²) in [5.41, 5.74) is 5.20. The van der Waals surface area contributed by atoms with Crippen LogP contribution < -0.4 is 10.5 Å². The summed E-state index contributed by atoms with van der Waals surface area (Å²) in [6.45, 7) is 0. The van der Waals surface area contributed by atoms with E-state index in [1.54, 1.807) is 12.1 Å². The van der Waals surface area contributed by atoms with Crippen LogP contribution in [0.5, 0.6) is 5.75 Å². The van der Waals surface area contributed by atoms with E-state index in [9.17, 15) is 31.2 Å². The van der Waals surface area contributed by atoms with Crippen molar-refractivity contribution < 1.29 is 49.5 Å². The van der Waals surface area contributed by atoms with E-state index in [2.05, 4.69) is 20.8 Å². The first-order chi connectivity index (χ1) is 23.1. The Morgan fingerprint density at radius 2 is 1.47 bits per heavy atom. The van der Waals surface area contributed by atoms with E-state index in [1.165, 1.54) is 24.3 Å². The lowest BCUT2D eigenvalue weighted by Crippen LogP contribution is -2.62. The van der Waals surface area contributed by atoms with E-state index >= 15 is 8.78 Å². The molecule has 3 unspecified atom stereocenters. The highest BCUT2D eigenvalue weighted by Gasteiger charge is 2.60. The van der Waals surface area contributed by atoms with E-state index in [4.69, 9.17) is 10.5 Å². The van der Waals surface area contributed by atoms with Crippen LogP contribution in [-0.4, -0.2) is 66.1 Å². The summed E-state index contributed by atoms with van der Waals surface area (Å²) < 4.78 is 108. The van der Waals surface area contributed by atoms with Crippen molar-refractivity contribution in [1.82, 2.24) is 9.37 Å². The minimum atomic E-state index is -5.80. The molecule has 1 aliphatic carbocycles. The first-order valence-electron chi connectivity index (χ1n) is 15.8. The molecule has 49 heavy (non-hydrogen) atoms. The summed E-state index contributed by atoms with van der Waals surface area (Å²) in [6, 6.07) is 7.31. The van der Waals surface area contributed by atoms with Crippen molar-refractivity contribution in [3.63, 3.8) is 0 Å². The second-order valence-corrected chi connectivity index (χ2v) is 15.4. The molecule has 1 saturated carbocycles. The molecule has 0 spiro atoms. The maximum Gasteiger partial charge on any atom is 0.492 e. The van der Waals surface area contributed by atoms with Gasteiger partial charge in [0, 0.05) is 28.2 Å². The molecule has 16 heteroatoms. The lowest BCUT2D eigenvalue weighted by molar-refractivity contribution is -0.240. The van der Waals surface area contributed by atoms with Crippen molar-refractivity contribution in [3.05, 3.63) is 70.7 Å². The van der Waals surface area contributed by atoms with Crippen molar-refractivity contribution in [2.75, 3.05) is 0 Å². The van der Waals surface area contributed by atoms with Crippen LogP contribution in [0.4, 0.5) is 22.0 Å². The van der Waals surface area contributed by atoms with Crippen LogP contribution in [-0.2, 0) is 30.4 Å². The molecule has 0 radical (unpaired) electrons. The van der Waals surface area contributed by atoms with Crippen LogP contribution >= 0.6 is 15.9 Å². The SMILES string of the molecule is NC1CC2CCC(C1)N2C(=O)C(N(OC(=O)C(F)(F)F)S(=O)(=O)c1ccc2cc(OC3CCCC3)ccc2c1)C(F)(F)c1ccc(Br)cc1. The van der Waals surface area contributed by atoms with Gasteiger partial charge in [0.1, 0.15) is 5.75 Å². The van der Waals surface area contributed by atoms with Gasteiger partial charge in [-0.15, -0.1) is 0 Å². The van der Waals surface area contributed by atoms with Gasteiger partial charge in [-0.3, -0.25) is 4.79 Å². The molecule has 0 aromatic heterocycles. The van der Waals surface area contributed by atoms with Gasteiger partial charge >= 0.3 is 18.1 Å². The van der Waals surface area contributed by atoms with Gasteiger partial charge in [0.25, 0.3) is 15.9 Å². The van der Waals surface area contributed by atoms with Gasteiger partial charge in [0.15, 0.2) is 0 Å². The van der Waals surface area contributed by atoms with Crippen LogP contribution in [0.2, 0.25) is 0 Å². The Bertz CT molecular complexity index is 1820. The molecule has 264 valence electrons. The molecular formula is C33H33BrF5N3O6S. The van der Waals surface area contributed by atoms with E-state index in [-0.39, 0.29) is 30.4 Å². The number of hydrogen-bond acceptors (Lipinski definition) is 7. The third-order valence-corrected chi connectivity index (χ3v) is 11.5. The van der Waals surface area contributed by atoms with Crippen molar-refractivity contribution >= 4 is 48.6 Å². The Morgan fingerprint density at radius 1 is 0.878 bits per heavy atom. The molecule has 2 bridgehead atoms. The number of hydroxylamine groups is 1. The van der Waals surface area contributed by atoms with E-state index in [0.29, 0.717) is 28.5 Å². The van der Waals surface area contributed by atoms with Gasteiger partial charge in [0.2, 0.25) is 6.04 Å². The maximum atomic E-state index is 16.7. The van der Waals surface area contributed by atoms with Crippen LogP contribution in [0.15, 0.2) is 70.0 Å². The highest BCUT2D eigenvalue weighted by Crippen LogP contribution is 2.43. The number of halogens is 6. The number of nitrogens with two attached hydrogens (primary N) is 1. The number of hydrogen-bond donors (Lipinski definition) is 1. The second-order valence-electron chi connectivity index (χ2n) is 12.7. The standard InChI is InChI=1S/C33H33BrF5N3O6S/c34-22-9-7-21(8-10-22)32(35,36)29(30(43)41-24-11-12-25(41)18-23(40)17-24)42(48-31(44)33(37,38)39)49(45,46)28-14-6-19-15-27(13-5-20(19)16-28)47-26-3-1-2-4-26/h5-10,13-16,23-26,29H,1-4,11-12,17-18,40H2. The molecule has 1 amide bonds. The van der Waals surface area contributed by atoms with Gasteiger partial charge in [0.05, 0.1) is 11.0 Å². The van der Waals surface area contributed by atoms with Gasteiger partial charge < -0.3 is 20.2 Å². The zero-order chi connectivity index (χ0) is 35.3. The highest BCUT2D eigenvalue weighted by molar-refractivity contribution is 9.10. The summed E-state index contributed by atoms with van der Waals surface area (Å²) in [7, 11) is -5.59. The molecule has 3 aliphatic rings. The van der Waals surface area contributed by atoms with Gasteiger partial charge in [-0.25, -0.2) is 13.2 Å². The Kier molecular flexibility index (Phi) is 9.72. The van der Waals surface area contributed by atoms with Crippen LogP contribution in [0.1, 0.15) is 56.9 Å². The van der Waals surface area contributed by atoms with Crippen LogP contribution in [0, 0.1) is 0 Å². The monoisotopic (exact) mass is 773 g/mol. The Morgan fingerprint density at radius 3 is 2.08 bits per heavy atom. The molecule has 2 heterocycles. The first kappa shape index (κ1) is 35.5. The summed E-state index contributed by atoms with van der Waals surface area (Å²) in [5, 5.41) is 0.759. The number of sulfonamides is 1. The predicted octanol–water partition coefficient (Wildman–Crippen LogP) is 6.58. The number of rotatable bonds is 9. The number of alkyl halides is 5. The van der Waals surface area contributed by atoms with Crippen molar-refractivity contribution in [2.45, 2.75) is 98.6 Å². The maximum absolute atomic E-state index is 16.7. The third kappa shape index (κ3) is 7.14. The summed E-state index contributed by atoms with van der Waals surface area (Å²) in [5.74, 6) is -8.59. The molecular weight excluding hydrogens is 741 g/mol. The first-order valence-corrected chi connectivity index (χ1v) is 18.0. The lowest BCUT2D eigenvalue weighted by Gasteiger charge is -2.42. The number of piperidine rings is 1. The number of carbonyl (C=O) groups is 2. The predicted molar refractivity (Wildman–Crippen MR) is 171 cm³/mol.